The lowest BCUT2D eigenvalue weighted by molar-refractivity contribution is 0.0915. The highest BCUT2D eigenvalue weighted by Crippen LogP contribution is 2.34. The number of piperidine rings is 1. The molecule has 224 valence electrons. The van der Waals surface area contributed by atoms with Crippen LogP contribution in [0.4, 0.5) is 10.6 Å². The number of hydrogen-bond acceptors (Lipinski definition) is 7. The first-order valence-corrected chi connectivity index (χ1v) is 15.4. The maximum absolute atomic E-state index is 13.4. The van der Waals surface area contributed by atoms with Gasteiger partial charge in [-0.2, -0.15) is 4.68 Å². The standard InChI is InChI=1S/C32H34ClN5O4S/c1-4-18-42-31(41)38-30-23(19-26(43-30)29(40)35-32(2,3)24-10-6-7-11-25(24)33)27(36-38)34-28(39)22-14-12-21(13-15-22)20-37-16-8-5-9-17-37/h4,6-7,10-15,19H,1,5,8-9,16-18,20H2,2-3H3,(H,35,40)(H,34,36,39). The number of amides is 2. The summed E-state index contributed by atoms with van der Waals surface area (Å²) in [5, 5.41) is 11.1. The predicted octanol–water partition coefficient (Wildman–Crippen LogP) is 6.83. The van der Waals surface area contributed by atoms with E-state index in [1.165, 1.54) is 25.3 Å². The predicted molar refractivity (Wildman–Crippen MR) is 170 cm³/mol. The van der Waals surface area contributed by atoms with E-state index in [0.717, 1.165) is 46.8 Å². The molecule has 11 heteroatoms. The van der Waals surface area contributed by atoms with Crippen LogP contribution in [0.1, 0.15) is 64.3 Å². The van der Waals surface area contributed by atoms with Crippen molar-refractivity contribution in [3.05, 3.63) is 93.8 Å². The van der Waals surface area contributed by atoms with Crippen LogP contribution in [0.15, 0.2) is 67.3 Å². The number of halogens is 1. The van der Waals surface area contributed by atoms with Crippen molar-refractivity contribution >= 4 is 56.9 Å². The van der Waals surface area contributed by atoms with E-state index in [9.17, 15) is 14.4 Å². The third-order valence-corrected chi connectivity index (χ3v) is 8.80. The number of thiophene rings is 1. The van der Waals surface area contributed by atoms with Gasteiger partial charge in [0.25, 0.3) is 11.8 Å². The Balaban J connectivity index is 1.38. The molecule has 4 aromatic rings. The van der Waals surface area contributed by atoms with Crippen molar-refractivity contribution in [1.82, 2.24) is 20.0 Å². The topological polar surface area (TPSA) is 106 Å². The summed E-state index contributed by atoms with van der Waals surface area (Å²) in [5.74, 6) is -0.597. The summed E-state index contributed by atoms with van der Waals surface area (Å²) >= 11 is 7.46. The largest absolute Gasteiger partial charge is 0.444 e. The van der Waals surface area contributed by atoms with Crippen LogP contribution in [-0.4, -0.2) is 52.3 Å². The van der Waals surface area contributed by atoms with Crippen LogP contribution in [0, 0.1) is 0 Å². The van der Waals surface area contributed by atoms with E-state index in [2.05, 4.69) is 27.2 Å². The van der Waals surface area contributed by atoms with Gasteiger partial charge in [-0.15, -0.1) is 16.4 Å². The first-order valence-electron chi connectivity index (χ1n) is 14.2. The molecule has 1 saturated heterocycles. The third kappa shape index (κ3) is 6.98. The number of likely N-dealkylation sites (tertiary alicyclic amines) is 1. The highest BCUT2D eigenvalue weighted by atomic mass is 35.5. The summed E-state index contributed by atoms with van der Waals surface area (Å²) in [4.78, 5) is 42.6. The van der Waals surface area contributed by atoms with Gasteiger partial charge in [0.15, 0.2) is 5.82 Å². The Morgan fingerprint density at radius 1 is 1.07 bits per heavy atom. The van der Waals surface area contributed by atoms with E-state index in [1.807, 2.05) is 44.2 Å². The Bertz CT molecular complexity index is 1650. The summed E-state index contributed by atoms with van der Waals surface area (Å²) in [6.07, 6.45) is 4.40. The Hall–Kier alpha value is -3.99. The van der Waals surface area contributed by atoms with Gasteiger partial charge in [0, 0.05) is 17.1 Å². The van der Waals surface area contributed by atoms with Crippen molar-refractivity contribution in [2.24, 2.45) is 0 Å². The minimum Gasteiger partial charge on any atom is -0.444 e. The number of anilines is 1. The van der Waals surface area contributed by atoms with Gasteiger partial charge in [0.1, 0.15) is 11.4 Å². The quantitative estimate of drug-likeness (QED) is 0.199. The minimum atomic E-state index is -0.780. The molecule has 0 saturated carbocycles. The molecule has 0 radical (unpaired) electrons. The Kier molecular flexibility index (Phi) is 9.29. The Labute approximate surface area is 259 Å². The third-order valence-electron chi connectivity index (χ3n) is 7.36. The van der Waals surface area contributed by atoms with Gasteiger partial charge in [-0.3, -0.25) is 14.5 Å². The highest BCUT2D eigenvalue weighted by Gasteiger charge is 2.28. The van der Waals surface area contributed by atoms with E-state index in [4.69, 9.17) is 16.3 Å². The van der Waals surface area contributed by atoms with E-state index >= 15 is 0 Å². The summed E-state index contributed by atoms with van der Waals surface area (Å²) < 4.78 is 6.26. The average Bonchev–Trinajstić information content (AvgIpc) is 3.57. The SMILES string of the molecule is C=CCOC(=O)n1nc(NC(=O)c2ccc(CN3CCCCC3)cc2)c2cc(C(=O)NC(C)(C)c3ccccc3Cl)sc21. The second-order valence-corrected chi connectivity index (χ2v) is 12.4. The number of carbonyl (C=O) groups excluding carboxylic acids is 3. The van der Waals surface area contributed by atoms with Crippen molar-refractivity contribution in [2.75, 3.05) is 25.0 Å². The molecule has 0 unspecified atom stereocenters. The molecule has 9 nitrogen and oxygen atoms in total. The molecule has 0 spiro atoms. The molecule has 0 atom stereocenters. The number of nitrogens with one attached hydrogen (secondary N) is 2. The van der Waals surface area contributed by atoms with Gasteiger partial charge in [0.2, 0.25) is 0 Å². The van der Waals surface area contributed by atoms with Crippen molar-refractivity contribution in [1.29, 1.82) is 0 Å². The second kappa shape index (κ2) is 13.1. The zero-order valence-corrected chi connectivity index (χ0v) is 25.8. The Morgan fingerprint density at radius 2 is 1.79 bits per heavy atom. The van der Waals surface area contributed by atoms with Gasteiger partial charge in [-0.25, -0.2) is 4.79 Å². The number of aromatic nitrogens is 2. The minimum absolute atomic E-state index is 0.0175. The van der Waals surface area contributed by atoms with Crippen LogP contribution in [0.5, 0.6) is 0 Å². The fraction of sp³-hybridized carbons (Fsp3) is 0.312. The summed E-state index contributed by atoms with van der Waals surface area (Å²) in [6, 6.07) is 16.4. The van der Waals surface area contributed by atoms with Gasteiger partial charge in [-0.05, 0) is 75.2 Å². The van der Waals surface area contributed by atoms with E-state index in [1.54, 1.807) is 24.3 Å². The lowest BCUT2D eigenvalue weighted by atomic mass is 9.94. The van der Waals surface area contributed by atoms with E-state index in [0.29, 0.717) is 25.7 Å². The smallest absolute Gasteiger partial charge is 0.436 e. The first-order chi connectivity index (χ1) is 20.7. The lowest BCUT2D eigenvalue weighted by Gasteiger charge is -2.27. The summed E-state index contributed by atoms with van der Waals surface area (Å²) in [6.45, 7) is 10.3. The van der Waals surface area contributed by atoms with Crippen LogP contribution in [0.2, 0.25) is 5.02 Å². The van der Waals surface area contributed by atoms with Crippen molar-refractivity contribution < 1.29 is 19.1 Å². The fourth-order valence-electron chi connectivity index (χ4n) is 5.12. The monoisotopic (exact) mass is 619 g/mol. The molecule has 2 aromatic carbocycles. The van der Waals surface area contributed by atoms with Crippen LogP contribution < -0.4 is 10.6 Å². The van der Waals surface area contributed by atoms with Gasteiger partial charge < -0.3 is 15.4 Å². The molecule has 1 fully saturated rings. The molecule has 3 heterocycles. The van der Waals surface area contributed by atoms with Crippen LogP contribution in [0.25, 0.3) is 10.2 Å². The van der Waals surface area contributed by atoms with E-state index in [-0.39, 0.29) is 24.2 Å². The molecule has 2 amide bonds. The molecule has 2 aromatic heterocycles. The van der Waals surface area contributed by atoms with Crippen molar-refractivity contribution in [2.45, 2.75) is 45.2 Å². The zero-order valence-electron chi connectivity index (χ0n) is 24.2. The Morgan fingerprint density at radius 3 is 2.49 bits per heavy atom. The molecule has 5 rings (SSSR count). The molecular formula is C32H34ClN5O4S. The molecule has 0 bridgehead atoms. The molecule has 2 N–H and O–H groups in total. The number of rotatable bonds is 9. The second-order valence-electron chi connectivity index (χ2n) is 11.0. The number of nitrogens with zero attached hydrogens (tertiary/aromatic N) is 3. The van der Waals surface area contributed by atoms with Gasteiger partial charge >= 0.3 is 6.09 Å². The summed E-state index contributed by atoms with van der Waals surface area (Å²) in [5.41, 5.74) is 1.58. The van der Waals surface area contributed by atoms with Crippen molar-refractivity contribution in [3.8, 4) is 0 Å². The number of carbonyl (C=O) groups is 3. The number of ether oxygens (including phenoxy) is 1. The van der Waals surface area contributed by atoms with Gasteiger partial charge in [0.05, 0.1) is 15.8 Å². The first kappa shape index (κ1) is 30.5. The maximum Gasteiger partial charge on any atom is 0.436 e. The average molecular weight is 620 g/mol. The fourth-order valence-corrected chi connectivity index (χ4v) is 6.49. The molecule has 1 aliphatic heterocycles. The molecular weight excluding hydrogens is 586 g/mol. The number of hydrogen-bond donors (Lipinski definition) is 2. The van der Waals surface area contributed by atoms with Crippen molar-refractivity contribution in [3.63, 3.8) is 0 Å². The summed E-state index contributed by atoms with van der Waals surface area (Å²) in [7, 11) is 0. The zero-order chi connectivity index (χ0) is 30.6. The lowest BCUT2D eigenvalue weighted by Crippen LogP contribution is -2.40. The van der Waals surface area contributed by atoms with Crippen LogP contribution >= 0.6 is 22.9 Å². The molecule has 43 heavy (non-hydrogen) atoms. The van der Waals surface area contributed by atoms with Crippen LogP contribution in [-0.2, 0) is 16.8 Å². The molecule has 0 aliphatic carbocycles. The number of fused-ring (bicyclic) bond motifs is 1. The van der Waals surface area contributed by atoms with Crippen LogP contribution in [0.3, 0.4) is 0 Å². The highest BCUT2D eigenvalue weighted by molar-refractivity contribution is 7.20. The normalized spacial score (nSPS) is 13.9. The maximum atomic E-state index is 13.4. The molecule has 1 aliphatic rings. The van der Waals surface area contributed by atoms with Gasteiger partial charge in [-0.1, -0.05) is 61.0 Å². The van der Waals surface area contributed by atoms with E-state index < -0.39 is 11.6 Å². The number of benzene rings is 2.